The molecule has 90 valence electrons. The number of carbonyl (C=O) groups excluding carboxylic acids is 1. The summed E-state index contributed by atoms with van der Waals surface area (Å²) in [6.07, 6.45) is 1.82. The maximum Gasteiger partial charge on any atom is 0.308 e. The number of carbonyl (C=O) groups is 2. The van der Waals surface area contributed by atoms with Gasteiger partial charge in [-0.2, -0.15) is 0 Å². The van der Waals surface area contributed by atoms with E-state index >= 15 is 0 Å². The van der Waals surface area contributed by atoms with Crippen molar-refractivity contribution in [2.24, 2.45) is 5.92 Å². The van der Waals surface area contributed by atoms with Gasteiger partial charge in [-0.05, 0) is 12.5 Å². The van der Waals surface area contributed by atoms with Gasteiger partial charge in [0.25, 0.3) is 5.91 Å². The van der Waals surface area contributed by atoms with Crippen molar-refractivity contribution >= 4 is 11.9 Å². The van der Waals surface area contributed by atoms with Crippen LogP contribution in [0.1, 0.15) is 16.8 Å². The predicted octanol–water partition coefficient (Wildman–Crippen LogP) is -0.0784. The molecule has 2 heterocycles. The van der Waals surface area contributed by atoms with Gasteiger partial charge in [-0.3, -0.25) is 14.4 Å². The summed E-state index contributed by atoms with van der Waals surface area (Å²) < 4.78 is 0. The summed E-state index contributed by atoms with van der Waals surface area (Å²) >= 11 is 0. The molecule has 1 amide bonds. The van der Waals surface area contributed by atoms with Gasteiger partial charge in [0.1, 0.15) is 0 Å². The maximum atomic E-state index is 11.9. The van der Waals surface area contributed by atoms with Crippen molar-refractivity contribution in [3.63, 3.8) is 0 Å². The number of carboxylic acids is 1. The first-order valence-corrected chi connectivity index (χ1v) is 5.29. The Kier molecular flexibility index (Phi) is 2.95. The zero-order valence-corrected chi connectivity index (χ0v) is 9.05. The van der Waals surface area contributed by atoms with E-state index < -0.39 is 11.9 Å². The first-order valence-electron chi connectivity index (χ1n) is 5.29. The third kappa shape index (κ3) is 2.35. The van der Waals surface area contributed by atoms with Crippen LogP contribution in [0.15, 0.2) is 23.1 Å². The van der Waals surface area contributed by atoms with E-state index in [4.69, 9.17) is 5.11 Å². The second kappa shape index (κ2) is 4.40. The first-order chi connectivity index (χ1) is 8.08. The van der Waals surface area contributed by atoms with Crippen molar-refractivity contribution in [1.29, 1.82) is 0 Å². The number of amides is 1. The minimum atomic E-state index is -0.873. The van der Waals surface area contributed by atoms with Crippen molar-refractivity contribution < 1.29 is 14.7 Å². The molecule has 1 aromatic rings. The predicted molar refractivity (Wildman–Crippen MR) is 58.7 cm³/mol. The zero-order valence-electron chi connectivity index (χ0n) is 9.05. The number of H-pyrrole nitrogens is 1. The Labute approximate surface area is 96.9 Å². The van der Waals surface area contributed by atoms with Crippen molar-refractivity contribution in [2.45, 2.75) is 6.42 Å². The smallest absolute Gasteiger partial charge is 0.308 e. The van der Waals surface area contributed by atoms with Crippen LogP contribution in [-0.4, -0.2) is 40.0 Å². The summed E-state index contributed by atoms with van der Waals surface area (Å²) in [5.74, 6) is -1.60. The zero-order chi connectivity index (χ0) is 12.4. The van der Waals surface area contributed by atoms with Gasteiger partial charge in [-0.15, -0.1) is 0 Å². The van der Waals surface area contributed by atoms with Gasteiger partial charge in [0.2, 0.25) is 5.56 Å². The molecule has 0 aromatic carbocycles. The number of nitrogens with one attached hydrogen (secondary N) is 1. The third-order valence-corrected chi connectivity index (χ3v) is 2.86. The second-order valence-corrected chi connectivity index (χ2v) is 4.02. The summed E-state index contributed by atoms with van der Waals surface area (Å²) in [4.78, 5) is 37.5. The molecule has 1 aliphatic rings. The largest absolute Gasteiger partial charge is 0.481 e. The number of hydrogen-bond acceptors (Lipinski definition) is 3. The molecule has 0 spiro atoms. The van der Waals surface area contributed by atoms with Crippen molar-refractivity contribution in [1.82, 2.24) is 9.88 Å². The molecule has 2 rings (SSSR count). The Morgan fingerprint density at radius 3 is 2.71 bits per heavy atom. The van der Waals surface area contributed by atoms with Gasteiger partial charge >= 0.3 is 5.97 Å². The summed E-state index contributed by atoms with van der Waals surface area (Å²) in [5, 5.41) is 8.83. The number of aromatic amines is 1. The fourth-order valence-electron chi connectivity index (χ4n) is 1.87. The number of aliphatic carboxylic acids is 1. The van der Waals surface area contributed by atoms with Crippen LogP contribution in [0, 0.1) is 5.92 Å². The van der Waals surface area contributed by atoms with E-state index in [2.05, 4.69) is 4.98 Å². The lowest BCUT2D eigenvalue weighted by Gasteiger charge is -2.15. The van der Waals surface area contributed by atoms with Crippen LogP contribution < -0.4 is 5.56 Å². The molecule has 0 aliphatic carbocycles. The molecule has 0 radical (unpaired) electrons. The minimum Gasteiger partial charge on any atom is -0.481 e. The first kappa shape index (κ1) is 11.4. The Balaban J connectivity index is 2.09. The highest BCUT2D eigenvalue weighted by Gasteiger charge is 2.31. The molecule has 1 saturated heterocycles. The van der Waals surface area contributed by atoms with E-state index in [9.17, 15) is 14.4 Å². The fraction of sp³-hybridized carbons (Fsp3) is 0.364. The summed E-state index contributed by atoms with van der Waals surface area (Å²) in [6.45, 7) is 0.669. The number of hydrogen-bond donors (Lipinski definition) is 2. The van der Waals surface area contributed by atoms with Crippen LogP contribution in [0.3, 0.4) is 0 Å². The van der Waals surface area contributed by atoms with E-state index in [0.717, 1.165) is 0 Å². The van der Waals surface area contributed by atoms with E-state index in [1.807, 2.05) is 0 Å². The summed E-state index contributed by atoms with van der Waals surface area (Å²) in [7, 11) is 0. The van der Waals surface area contributed by atoms with E-state index in [-0.39, 0.29) is 18.0 Å². The van der Waals surface area contributed by atoms with Crippen LogP contribution in [0.2, 0.25) is 0 Å². The summed E-state index contributed by atoms with van der Waals surface area (Å²) in [5.41, 5.74) is 0.0991. The molecule has 1 aliphatic heterocycles. The summed E-state index contributed by atoms with van der Waals surface area (Å²) in [6, 6.07) is 2.72. The molecule has 0 bridgehead atoms. The molecule has 0 saturated carbocycles. The number of pyridine rings is 1. The van der Waals surface area contributed by atoms with Crippen LogP contribution in [0.25, 0.3) is 0 Å². The Morgan fingerprint density at radius 1 is 1.41 bits per heavy atom. The quantitative estimate of drug-likeness (QED) is 0.751. The normalized spacial score (nSPS) is 19.3. The lowest BCUT2D eigenvalue weighted by molar-refractivity contribution is -0.141. The van der Waals surface area contributed by atoms with Gasteiger partial charge in [0.05, 0.1) is 11.5 Å². The lowest BCUT2D eigenvalue weighted by atomic mass is 10.1. The Bertz CT molecular complexity index is 488. The molecule has 6 heteroatoms. The monoisotopic (exact) mass is 236 g/mol. The molecule has 1 aromatic heterocycles. The minimum absolute atomic E-state index is 0.229. The topological polar surface area (TPSA) is 90.5 Å². The molecule has 1 atom stereocenters. The highest BCUT2D eigenvalue weighted by molar-refractivity contribution is 5.94. The maximum absolute atomic E-state index is 11.9. The average molecular weight is 236 g/mol. The standard InChI is InChI=1S/C11H12N2O4/c14-9-2-1-7(5-12-9)10(15)13-4-3-8(6-13)11(16)17/h1-2,5,8H,3-4,6H2,(H,12,14)(H,16,17). The average Bonchev–Trinajstić information content (AvgIpc) is 2.78. The van der Waals surface area contributed by atoms with Gasteiger partial charge in [-0.1, -0.05) is 0 Å². The van der Waals surface area contributed by atoms with Crippen LogP contribution in [-0.2, 0) is 4.79 Å². The van der Waals surface area contributed by atoms with Gasteiger partial charge < -0.3 is 15.0 Å². The fourth-order valence-corrected chi connectivity index (χ4v) is 1.87. The highest BCUT2D eigenvalue weighted by atomic mass is 16.4. The number of rotatable bonds is 2. The number of aromatic nitrogens is 1. The van der Waals surface area contributed by atoms with E-state index in [1.165, 1.54) is 23.2 Å². The van der Waals surface area contributed by atoms with Gasteiger partial charge in [0.15, 0.2) is 0 Å². The molecule has 17 heavy (non-hydrogen) atoms. The molecule has 1 unspecified atom stereocenters. The molecule has 1 fully saturated rings. The molecular formula is C11H12N2O4. The lowest BCUT2D eigenvalue weighted by Crippen LogP contribution is -2.30. The van der Waals surface area contributed by atoms with E-state index in [1.54, 1.807) is 0 Å². The molecule has 2 N–H and O–H groups in total. The second-order valence-electron chi connectivity index (χ2n) is 4.02. The van der Waals surface area contributed by atoms with Gasteiger partial charge in [0, 0.05) is 25.4 Å². The van der Waals surface area contributed by atoms with Crippen molar-refractivity contribution in [3.05, 3.63) is 34.2 Å². The van der Waals surface area contributed by atoms with Crippen LogP contribution in [0.4, 0.5) is 0 Å². The number of carboxylic acid groups (broad SMARTS) is 1. The van der Waals surface area contributed by atoms with Crippen LogP contribution in [0.5, 0.6) is 0 Å². The number of nitrogens with zero attached hydrogens (tertiary/aromatic N) is 1. The van der Waals surface area contributed by atoms with Gasteiger partial charge in [-0.25, -0.2) is 0 Å². The van der Waals surface area contributed by atoms with Crippen molar-refractivity contribution in [3.8, 4) is 0 Å². The van der Waals surface area contributed by atoms with Crippen molar-refractivity contribution in [2.75, 3.05) is 13.1 Å². The highest BCUT2D eigenvalue weighted by Crippen LogP contribution is 2.18. The number of likely N-dealkylation sites (tertiary alicyclic amines) is 1. The van der Waals surface area contributed by atoms with Crippen LogP contribution >= 0.6 is 0 Å². The Morgan fingerprint density at radius 2 is 2.18 bits per heavy atom. The van der Waals surface area contributed by atoms with E-state index in [0.29, 0.717) is 18.5 Å². The molecular weight excluding hydrogens is 224 g/mol. The molecule has 6 nitrogen and oxygen atoms in total. The third-order valence-electron chi connectivity index (χ3n) is 2.86. The Hall–Kier alpha value is -2.11. The SMILES string of the molecule is O=C(O)C1CCN(C(=O)c2ccc(=O)[nH]c2)C1.